The second kappa shape index (κ2) is 9.91. The number of thiophene rings is 1. The largest absolute Gasteiger partial charge is 0.243 e. The molecule has 166 valence electrons. The summed E-state index contributed by atoms with van der Waals surface area (Å²) in [6.07, 6.45) is 5.58. The smallest absolute Gasteiger partial charge is 0.208 e. The first-order valence-corrected chi connectivity index (χ1v) is 14.2. The number of sulfonamides is 2. The fourth-order valence-electron chi connectivity index (χ4n) is 3.68. The predicted octanol–water partition coefficient (Wildman–Crippen LogP) is 4.35. The highest BCUT2D eigenvalue weighted by Gasteiger charge is 2.33. The Labute approximate surface area is 184 Å². The van der Waals surface area contributed by atoms with Crippen LogP contribution in [0.3, 0.4) is 0 Å². The molecular weight excluding hydrogens is 440 g/mol. The van der Waals surface area contributed by atoms with Crippen molar-refractivity contribution in [1.29, 1.82) is 0 Å². The van der Waals surface area contributed by atoms with Gasteiger partial charge in [0.2, 0.25) is 20.0 Å². The first kappa shape index (κ1) is 23.4. The molecule has 0 radical (unpaired) electrons. The standard InChI is InChI=1S/C21H30N2O4S3/c1-3-17(2)22-29(24,25)20-11-13-21(14-12-20)30(26,27)23(16-19-10-7-15-28-19)18-8-5-4-6-9-18/h7,10-15,17-18,22H,3-6,8-9,16H2,1-2H3. The molecule has 1 heterocycles. The van der Waals surface area contributed by atoms with Gasteiger partial charge in [0, 0.05) is 23.5 Å². The number of nitrogens with one attached hydrogen (secondary N) is 1. The van der Waals surface area contributed by atoms with Crippen LogP contribution in [-0.4, -0.2) is 33.2 Å². The van der Waals surface area contributed by atoms with Crippen LogP contribution in [0.1, 0.15) is 57.2 Å². The minimum absolute atomic E-state index is 0.0265. The number of benzene rings is 1. The van der Waals surface area contributed by atoms with E-state index in [2.05, 4.69) is 4.72 Å². The Hall–Kier alpha value is -1.26. The van der Waals surface area contributed by atoms with E-state index in [1.165, 1.54) is 24.3 Å². The van der Waals surface area contributed by atoms with Gasteiger partial charge in [-0.3, -0.25) is 0 Å². The molecule has 30 heavy (non-hydrogen) atoms. The van der Waals surface area contributed by atoms with Crippen LogP contribution in [-0.2, 0) is 26.6 Å². The number of hydrogen-bond acceptors (Lipinski definition) is 5. The van der Waals surface area contributed by atoms with Gasteiger partial charge in [-0.2, -0.15) is 4.31 Å². The SMILES string of the molecule is CCC(C)NS(=O)(=O)c1ccc(S(=O)(=O)N(Cc2cccs2)C2CCCCC2)cc1. The maximum absolute atomic E-state index is 13.5. The maximum Gasteiger partial charge on any atom is 0.243 e. The van der Waals surface area contributed by atoms with Crippen LogP contribution in [0.15, 0.2) is 51.6 Å². The lowest BCUT2D eigenvalue weighted by Gasteiger charge is -2.33. The van der Waals surface area contributed by atoms with Gasteiger partial charge in [0.05, 0.1) is 9.79 Å². The summed E-state index contributed by atoms with van der Waals surface area (Å²) in [7, 11) is -7.41. The second-order valence-electron chi connectivity index (χ2n) is 7.82. The molecule has 1 unspecified atom stereocenters. The Balaban J connectivity index is 1.88. The third-order valence-electron chi connectivity index (χ3n) is 5.58. The Morgan fingerprint density at radius 3 is 2.23 bits per heavy atom. The van der Waals surface area contributed by atoms with Gasteiger partial charge in [-0.1, -0.05) is 32.3 Å². The minimum Gasteiger partial charge on any atom is -0.208 e. The summed E-state index contributed by atoms with van der Waals surface area (Å²) in [6.45, 7) is 4.04. The average Bonchev–Trinajstić information content (AvgIpc) is 3.25. The average molecular weight is 471 g/mol. The lowest BCUT2D eigenvalue weighted by atomic mass is 9.95. The van der Waals surface area contributed by atoms with E-state index in [1.54, 1.807) is 22.6 Å². The first-order valence-electron chi connectivity index (χ1n) is 10.4. The summed E-state index contributed by atoms with van der Waals surface area (Å²) >= 11 is 1.55. The Kier molecular flexibility index (Phi) is 7.73. The summed E-state index contributed by atoms with van der Waals surface area (Å²) < 4.78 is 56.2. The van der Waals surface area contributed by atoms with E-state index >= 15 is 0 Å². The van der Waals surface area contributed by atoms with Crippen LogP contribution in [0.25, 0.3) is 0 Å². The summed E-state index contributed by atoms with van der Waals surface area (Å²) in [5.41, 5.74) is 0. The lowest BCUT2D eigenvalue weighted by Crippen LogP contribution is -2.40. The number of nitrogens with zero attached hydrogens (tertiary/aromatic N) is 1. The predicted molar refractivity (Wildman–Crippen MR) is 120 cm³/mol. The molecule has 0 amide bonds. The van der Waals surface area contributed by atoms with Crippen molar-refractivity contribution in [3.63, 3.8) is 0 Å². The minimum atomic E-state index is -3.74. The molecule has 1 N–H and O–H groups in total. The monoisotopic (exact) mass is 470 g/mol. The van der Waals surface area contributed by atoms with Crippen LogP contribution in [0.5, 0.6) is 0 Å². The molecule has 1 fully saturated rings. The van der Waals surface area contributed by atoms with Crippen molar-refractivity contribution in [3.05, 3.63) is 46.7 Å². The number of rotatable bonds is 9. The Morgan fingerprint density at radius 2 is 1.67 bits per heavy atom. The van der Waals surface area contributed by atoms with Gasteiger partial charge in [-0.05, 0) is 61.9 Å². The van der Waals surface area contributed by atoms with E-state index in [0.29, 0.717) is 13.0 Å². The molecule has 9 heteroatoms. The fourth-order valence-corrected chi connectivity index (χ4v) is 7.45. The highest BCUT2D eigenvalue weighted by molar-refractivity contribution is 7.89. The van der Waals surface area contributed by atoms with Crippen molar-refractivity contribution in [2.45, 2.75) is 80.8 Å². The topological polar surface area (TPSA) is 83.5 Å². The molecule has 1 aromatic heterocycles. The van der Waals surface area contributed by atoms with Crippen molar-refractivity contribution in [1.82, 2.24) is 9.03 Å². The van der Waals surface area contributed by atoms with Crippen LogP contribution in [0, 0.1) is 0 Å². The summed E-state index contributed by atoms with van der Waals surface area (Å²) in [4.78, 5) is 1.21. The highest BCUT2D eigenvalue weighted by atomic mass is 32.2. The van der Waals surface area contributed by atoms with Crippen molar-refractivity contribution in [3.8, 4) is 0 Å². The molecule has 3 rings (SSSR count). The molecule has 0 saturated heterocycles. The molecule has 6 nitrogen and oxygen atoms in total. The van der Waals surface area contributed by atoms with E-state index < -0.39 is 20.0 Å². The molecular formula is C21H30N2O4S3. The van der Waals surface area contributed by atoms with Gasteiger partial charge in [0.25, 0.3) is 0 Å². The van der Waals surface area contributed by atoms with Crippen LogP contribution in [0.4, 0.5) is 0 Å². The zero-order chi connectivity index (χ0) is 21.8. The molecule has 0 aliphatic heterocycles. The quantitative estimate of drug-likeness (QED) is 0.591. The van der Waals surface area contributed by atoms with Crippen molar-refractivity contribution >= 4 is 31.4 Å². The highest BCUT2D eigenvalue weighted by Crippen LogP contribution is 2.30. The van der Waals surface area contributed by atoms with Gasteiger partial charge in [0.1, 0.15) is 0 Å². The third-order valence-corrected chi connectivity index (χ3v) is 9.96. The molecule has 1 saturated carbocycles. The Bertz CT molecular complexity index is 1010. The molecule has 0 spiro atoms. The second-order valence-corrected chi connectivity index (χ2v) is 12.5. The van der Waals surface area contributed by atoms with Gasteiger partial charge in [0.15, 0.2) is 0 Å². The van der Waals surface area contributed by atoms with Gasteiger partial charge < -0.3 is 0 Å². The fraction of sp³-hybridized carbons (Fsp3) is 0.524. The van der Waals surface area contributed by atoms with Gasteiger partial charge >= 0.3 is 0 Å². The van der Waals surface area contributed by atoms with Gasteiger partial charge in [-0.25, -0.2) is 21.6 Å². The molecule has 0 bridgehead atoms. The van der Waals surface area contributed by atoms with E-state index in [1.807, 2.05) is 24.4 Å². The molecule has 1 aliphatic carbocycles. The summed E-state index contributed by atoms with van der Waals surface area (Å²) in [5.74, 6) is 0. The van der Waals surface area contributed by atoms with Crippen molar-refractivity contribution < 1.29 is 16.8 Å². The summed E-state index contributed by atoms with van der Waals surface area (Å²) in [6, 6.07) is 9.23. The molecule has 1 aromatic carbocycles. The van der Waals surface area contributed by atoms with Crippen LogP contribution in [0.2, 0.25) is 0 Å². The summed E-state index contributed by atoms with van der Waals surface area (Å²) in [5, 5.41) is 1.95. The molecule has 1 atom stereocenters. The first-order chi connectivity index (χ1) is 14.2. The molecule has 1 aliphatic rings. The maximum atomic E-state index is 13.5. The Morgan fingerprint density at radius 1 is 1.03 bits per heavy atom. The van der Waals surface area contributed by atoms with E-state index in [9.17, 15) is 16.8 Å². The van der Waals surface area contributed by atoms with Crippen LogP contribution < -0.4 is 4.72 Å². The van der Waals surface area contributed by atoms with Crippen LogP contribution >= 0.6 is 11.3 Å². The van der Waals surface area contributed by atoms with E-state index in [0.717, 1.165) is 37.0 Å². The number of hydrogen-bond donors (Lipinski definition) is 1. The zero-order valence-corrected chi connectivity index (χ0v) is 19.9. The van der Waals surface area contributed by atoms with Gasteiger partial charge in [-0.15, -0.1) is 11.3 Å². The normalized spacial score (nSPS) is 17.3. The van der Waals surface area contributed by atoms with Crippen molar-refractivity contribution in [2.75, 3.05) is 0 Å². The molecule has 2 aromatic rings. The van der Waals surface area contributed by atoms with Crippen molar-refractivity contribution in [2.24, 2.45) is 0 Å². The third kappa shape index (κ3) is 5.50. The zero-order valence-electron chi connectivity index (χ0n) is 17.5. The lowest BCUT2D eigenvalue weighted by molar-refractivity contribution is 0.249. The van der Waals surface area contributed by atoms with E-state index in [-0.39, 0.29) is 21.9 Å². The van der Waals surface area contributed by atoms with E-state index in [4.69, 9.17) is 0 Å².